The molecule has 40 heavy (non-hydrogen) atoms. The molecule has 0 saturated carbocycles. The molecular weight excluding hydrogens is 526 g/mol. The number of hydrogen-bond donors (Lipinski definition) is 4. The van der Waals surface area contributed by atoms with Gasteiger partial charge in [-0.05, 0) is 19.3 Å². The maximum absolute atomic E-state index is 12.4. The van der Waals surface area contributed by atoms with E-state index in [0.29, 0.717) is 6.42 Å². The summed E-state index contributed by atoms with van der Waals surface area (Å²) < 4.78 is 32.0. The standard InChI is InChI=1S/C32H63NO6S/c1-3-5-7-9-10-11-12-13-14-15-16-17-18-19-20-21-23-25-27-31(35)32(36)33-29(28-40(37,38)39)30(34)26-24-22-8-6-4-2/h24,26,29-31,34-35H,3-23,25,27-28H2,1-2H3,(H,33,36)(H,37,38,39)/b26-24+. The zero-order chi connectivity index (χ0) is 29.9. The van der Waals surface area contributed by atoms with Crippen LogP contribution in [0, 0.1) is 0 Å². The highest BCUT2D eigenvalue weighted by Crippen LogP contribution is 2.15. The summed E-state index contributed by atoms with van der Waals surface area (Å²) in [6.07, 6.45) is 27.6. The molecule has 0 aromatic heterocycles. The molecule has 0 heterocycles. The summed E-state index contributed by atoms with van der Waals surface area (Å²) in [5.41, 5.74) is 0. The Kier molecular flexibility index (Phi) is 26.3. The zero-order valence-electron chi connectivity index (χ0n) is 25.8. The van der Waals surface area contributed by atoms with Crippen molar-refractivity contribution < 1.29 is 28.0 Å². The quantitative estimate of drug-likeness (QED) is 0.0404. The van der Waals surface area contributed by atoms with Gasteiger partial charge in [0.25, 0.3) is 10.1 Å². The van der Waals surface area contributed by atoms with E-state index >= 15 is 0 Å². The van der Waals surface area contributed by atoms with Gasteiger partial charge < -0.3 is 15.5 Å². The molecule has 3 unspecified atom stereocenters. The van der Waals surface area contributed by atoms with Crippen molar-refractivity contribution in [3.63, 3.8) is 0 Å². The van der Waals surface area contributed by atoms with E-state index in [2.05, 4.69) is 19.2 Å². The van der Waals surface area contributed by atoms with Crippen molar-refractivity contribution >= 4 is 16.0 Å². The molecule has 0 aliphatic heterocycles. The van der Waals surface area contributed by atoms with Crippen molar-refractivity contribution in [1.82, 2.24) is 5.32 Å². The van der Waals surface area contributed by atoms with Crippen LogP contribution in [0.15, 0.2) is 12.2 Å². The van der Waals surface area contributed by atoms with Gasteiger partial charge in [-0.1, -0.05) is 154 Å². The van der Waals surface area contributed by atoms with Crippen molar-refractivity contribution in [3.05, 3.63) is 12.2 Å². The van der Waals surface area contributed by atoms with Crippen LogP contribution >= 0.6 is 0 Å². The highest BCUT2D eigenvalue weighted by atomic mass is 32.2. The molecule has 1 amide bonds. The van der Waals surface area contributed by atoms with Gasteiger partial charge in [-0.25, -0.2) is 0 Å². The first-order valence-corrected chi connectivity index (χ1v) is 18.1. The molecule has 4 N–H and O–H groups in total. The van der Waals surface area contributed by atoms with E-state index in [-0.39, 0.29) is 6.42 Å². The third-order valence-corrected chi connectivity index (χ3v) is 8.35. The van der Waals surface area contributed by atoms with Crippen LogP contribution in [0.4, 0.5) is 0 Å². The van der Waals surface area contributed by atoms with Crippen LogP contribution in [0.5, 0.6) is 0 Å². The average molecular weight is 590 g/mol. The van der Waals surface area contributed by atoms with E-state index < -0.39 is 40.0 Å². The van der Waals surface area contributed by atoms with Gasteiger partial charge in [-0.3, -0.25) is 9.35 Å². The lowest BCUT2D eigenvalue weighted by molar-refractivity contribution is -0.130. The van der Waals surface area contributed by atoms with Crippen molar-refractivity contribution in [1.29, 1.82) is 0 Å². The minimum Gasteiger partial charge on any atom is -0.387 e. The summed E-state index contributed by atoms with van der Waals surface area (Å²) in [5, 5.41) is 23.0. The monoisotopic (exact) mass is 589 g/mol. The maximum Gasteiger partial charge on any atom is 0.267 e. The van der Waals surface area contributed by atoms with Crippen molar-refractivity contribution in [2.75, 3.05) is 5.75 Å². The van der Waals surface area contributed by atoms with Gasteiger partial charge in [0.2, 0.25) is 5.91 Å². The number of hydrogen-bond acceptors (Lipinski definition) is 5. The molecule has 0 fully saturated rings. The lowest BCUT2D eigenvalue weighted by Crippen LogP contribution is -2.50. The van der Waals surface area contributed by atoms with Crippen molar-refractivity contribution in [2.24, 2.45) is 0 Å². The third-order valence-electron chi connectivity index (χ3n) is 7.57. The van der Waals surface area contributed by atoms with E-state index in [1.807, 2.05) is 0 Å². The van der Waals surface area contributed by atoms with Crippen LogP contribution in [-0.4, -0.2) is 53.1 Å². The molecule has 0 bridgehead atoms. The average Bonchev–Trinajstić information content (AvgIpc) is 2.90. The minimum atomic E-state index is -4.42. The second-order valence-electron chi connectivity index (χ2n) is 11.6. The fraction of sp³-hybridized carbons (Fsp3) is 0.906. The molecule has 3 atom stereocenters. The SMILES string of the molecule is CCCCC/C=C/C(O)C(CS(=O)(=O)O)NC(=O)C(O)CCCCCCCCCCCCCCCCCCCC. The van der Waals surface area contributed by atoms with E-state index in [9.17, 15) is 28.0 Å². The summed E-state index contributed by atoms with van der Waals surface area (Å²) in [4.78, 5) is 12.4. The fourth-order valence-corrected chi connectivity index (χ4v) is 5.72. The van der Waals surface area contributed by atoms with Gasteiger partial charge in [0, 0.05) is 0 Å². The van der Waals surface area contributed by atoms with Crippen molar-refractivity contribution in [3.8, 4) is 0 Å². The fourth-order valence-electron chi connectivity index (χ4n) is 4.98. The largest absolute Gasteiger partial charge is 0.387 e. The molecule has 238 valence electrons. The first-order valence-electron chi connectivity index (χ1n) is 16.5. The van der Waals surface area contributed by atoms with Crippen LogP contribution in [-0.2, 0) is 14.9 Å². The molecule has 0 radical (unpaired) electrons. The Morgan fingerprint density at radius 2 is 1.07 bits per heavy atom. The number of carbonyl (C=O) groups excluding carboxylic acids is 1. The number of nitrogens with one attached hydrogen (secondary N) is 1. The molecule has 8 heteroatoms. The number of rotatable bonds is 29. The van der Waals surface area contributed by atoms with Crippen LogP contribution in [0.2, 0.25) is 0 Å². The smallest absolute Gasteiger partial charge is 0.267 e. The number of aliphatic hydroxyl groups excluding tert-OH is 2. The van der Waals surface area contributed by atoms with Crippen LogP contribution in [0.1, 0.15) is 162 Å². The Morgan fingerprint density at radius 1 is 0.675 bits per heavy atom. The number of aliphatic hydroxyl groups is 2. The topological polar surface area (TPSA) is 124 Å². The van der Waals surface area contributed by atoms with E-state index in [0.717, 1.165) is 44.9 Å². The molecule has 0 aliphatic carbocycles. The Balaban J connectivity index is 3.90. The van der Waals surface area contributed by atoms with Gasteiger partial charge in [-0.15, -0.1) is 0 Å². The number of amides is 1. The predicted octanol–water partition coefficient (Wildman–Crippen LogP) is 7.65. The molecule has 0 saturated heterocycles. The molecule has 7 nitrogen and oxygen atoms in total. The van der Waals surface area contributed by atoms with Gasteiger partial charge in [0.1, 0.15) is 6.10 Å². The van der Waals surface area contributed by atoms with E-state index in [4.69, 9.17) is 0 Å². The zero-order valence-corrected chi connectivity index (χ0v) is 26.6. The summed E-state index contributed by atoms with van der Waals surface area (Å²) in [7, 11) is -4.42. The molecular formula is C32H63NO6S. The van der Waals surface area contributed by atoms with E-state index in [1.165, 1.54) is 96.0 Å². The summed E-state index contributed by atoms with van der Waals surface area (Å²) in [5.74, 6) is -1.54. The van der Waals surface area contributed by atoms with Crippen molar-refractivity contribution in [2.45, 2.75) is 180 Å². The molecule has 0 spiro atoms. The number of carbonyl (C=O) groups is 1. The van der Waals surface area contributed by atoms with Crippen LogP contribution in [0.3, 0.4) is 0 Å². The second-order valence-corrected chi connectivity index (χ2v) is 13.1. The van der Waals surface area contributed by atoms with E-state index in [1.54, 1.807) is 6.08 Å². The molecule has 0 rings (SSSR count). The Morgan fingerprint density at radius 3 is 1.50 bits per heavy atom. The lowest BCUT2D eigenvalue weighted by Gasteiger charge is -2.22. The minimum absolute atomic E-state index is 0.284. The lowest BCUT2D eigenvalue weighted by atomic mass is 10.0. The van der Waals surface area contributed by atoms with Gasteiger partial charge in [0.05, 0.1) is 17.9 Å². The predicted molar refractivity (Wildman–Crippen MR) is 167 cm³/mol. The van der Waals surface area contributed by atoms with Crippen LogP contribution < -0.4 is 5.32 Å². The number of allylic oxidation sites excluding steroid dienone is 1. The maximum atomic E-state index is 12.4. The summed E-state index contributed by atoms with van der Waals surface area (Å²) >= 11 is 0. The van der Waals surface area contributed by atoms with Gasteiger partial charge in [-0.2, -0.15) is 8.42 Å². The van der Waals surface area contributed by atoms with Gasteiger partial charge >= 0.3 is 0 Å². The highest BCUT2D eigenvalue weighted by Gasteiger charge is 2.27. The molecule has 0 aliphatic rings. The van der Waals surface area contributed by atoms with Crippen LogP contribution in [0.25, 0.3) is 0 Å². The first-order chi connectivity index (χ1) is 19.2. The molecule has 0 aromatic rings. The first kappa shape index (κ1) is 39.0. The number of unbranched alkanes of at least 4 members (excludes halogenated alkanes) is 20. The highest BCUT2D eigenvalue weighted by molar-refractivity contribution is 7.85. The summed E-state index contributed by atoms with van der Waals surface area (Å²) in [6, 6.07) is -1.22. The Hall–Kier alpha value is -0.960. The van der Waals surface area contributed by atoms with Gasteiger partial charge in [0.15, 0.2) is 0 Å². The summed E-state index contributed by atoms with van der Waals surface area (Å²) in [6.45, 7) is 4.35. The normalized spacial score (nSPS) is 14.4. The third kappa shape index (κ3) is 26.0. The second kappa shape index (κ2) is 26.9. The Bertz CT molecular complexity index is 712. The Labute approximate surface area is 246 Å². The molecule has 0 aromatic carbocycles.